The number of methoxy groups -OCH3 is 1. The smallest absolute Gasteiger partial charge is 0.119 e. The molecule has 106 valence electrons. The van der Waals surface area contributed by atoms with Crippen molar-refractivity contribution in [2.75, 3.05) is 19.0 Å². The van der Waals surface area contributed by atoms with Gasteiger partial charge in [-0.15, -0.1) is 0 Å². The minimum atomic E-state index is 0.0241. The van der Waals surface area contributed by atoms with Gasteiger partial charge in [-0.05, 0) is 56.9 Å². The third-order valence-corrected chi connectivity index (χ3v) is 4.14. The Labute approximate surface area is 116 Å². The van der Waals surface area contributed by atoms with E-state index in [4.69, 9.17) is 9.47 Å². The van der Waals surface area contributed by atoms with E-state index in [2.05, 4.69) is 38.2 Å². The molecule has 0 bridgehead atoms. The predicted molar refractivity (Wildman–Crippen MR) is 79.0 cm³/mol. The first-order chi connectivity index (χ1) is 9.06. The van der Waals surface area contributed by atoms with Gasteiger partial charge in [-0.25, -0.2) is 0 Å². The molecule has 1 aliphatic rings. The van der Waals surface area contributed by atoms with E-state index in [-0.39, 0.29) is 5.60 Å². The molecule has 2 atom stereocenters. The van der Waals surface area contributed by atoms with Gasteiger partial charge in [0.1, 0.15) is 5.75 Å². The summed E-state index contributed by atoms with van der Waals surface area (Å²) in [5, 5.41) is 3.65. The molecule has 0 amide bonds. The minimum absolute atomic E-state index is 0.0241. The Kier molecular flexibility index (Phi) is 4.35. The van der Waals surface area contributed by atoms with E-state index in [1.807, 2.05) is 6.07 Å². The Hall–Kier alpha value is -1.22. The molecule has 1 aliphatic heterocycles. The quantitative estimate of drug-likeness (QED) is 0.897. The summed E-state index contributed by atoms with van der Waals surface area (Å²) < 4.78 is 11.1. The summed E-state index contributed by atoms with van der Waals surface area (Å²) in [6.45, 7) is 7.36. The lowest BCUT2D eigenvalue weighted by molar-refractivity contribution is -0.0708. The van der Waals surface area contributed by atoms with Gasteiger partial charge in [0.15, 0.2) is 0 Å². The number of hydrogen-bond donors (Lipinski definition) is 1. The van der Waals surface area contributed by atoms with Crippen molar-refractivity contribution in [2.45, 2.75) is 51.7 Å². The monoisotopic (exact) mass is 263 g/mol. The molecule has 0 spiro atoms. The highest BCUT2D eigenvalue weighted by molar-refractivity contribution is 5.54. The fourth-order valence-corrected chi connectivity index (χ4v) is 2.64. The fourth-order valence-electron chi connectivity index (χ4n) is 2.64. The molecule has 0 radical (unpaired) electrons. The van der Waals surface area contributed by atoms with Crippen LogP contribution in [-0.4, -0.2) is 25.4 Å². The molecule has 1 heterocycles. The minimum Gasteiger partial charge on any atom is -0.497 e. The topological polar surface area (TPSA) is 30.5 Å². The maximum atomic E-state index is 5.89. The molecule has 0 aliphatic carbocycles. The molecule has 19 heavy (non-hydrogen) atoms. The Morgan fingerprint density at radius 3 is 2.89 bits per heavy atom. The van der Waals surface area contributed by atoms with E-state index in [0.717, 1.165) is 31.6 Å². The Bertz CT molecular complexity index is 433. The van der Waals surface area contributed by atoms with Crippen molar-refractivity contribution in [1.29, 1.82) is 0 Å². The maximum absolute atomic E-state index is 5.89. The molecule has 3 heteroatoms. The Balaban J connectivity index is 2.04. The van der Waals surface area contributed by atoms with Crippen LogP contribution in [0.15, 0.2) is 18.2 Å². The molecule has 1 aromatic carbocycles. The van der Waals surface area contributed by atoms with Crippen LogP contribution < -0.4 is 10.1 Å². The molecule has 0 saturated carbocycles. The van der Waals surface area contributed by atoms with Crippen molar-refractivity contribution in [3.8, 4) is 5.75 Å². The van der Waals surface area contributed by atoms with Crippen LogP contribution in [0, 0.1) is 6.92 Å². The number of nitrogens with one attached hydrogen (secondary N) is 1. The maximum Gasteiger partial charge on any atom is 0.119 e. The summed E-state index contributed by atoms with van der Waals surface area (Å²) in [5.74, 6) is 0.911. The van der Waals surface area contributed by atoms with E-state index in [9.17, 15) is 0 Å². The van der Waals surface area contributed by atoms with Gasteiger partial charge >= 0.3 is 0 Å². The fraction of sp³-hybridized carbons (Fsp3) is 0.625. The lowest BCUT2D eigenvalue weighted by Gasteiger charge is -2.38. The molecule has 1 aromatic rings. The Morgan fingerprint density at radius 1 is 1.47 bits per heavy atom. The summed E-state index contributed by atoms with van der Waals surface area (Å²) in [4.78, 5) is 0. The van der Waals surface area contributed by atoms with Gasteiger partial charge in [-0.3, -0.25) is 0 Å². The zero-order valence-corrected chi connectivity index (χ0v) is 12.5. The number of rotatable bonds is 4. The van der Waals surface area contributed by atoms with Crippen LogP contribution in [-0.2, 0) is 4.74 Å². The molecule has 1 saturated heterocycles. The van der Waals surface area contributed by atoms with E-state index < -0.39 is 0 Å². The number of ether oxygens (including phenoxy) is 2. The second-order valence-corrected chi connectivity index (χ2v) is 5.67. The SMILES string of the molecule is CCC1(C)CC(Nc2ccc(OC)cc2C)CCO1. The van der Waals surface area contributed by atoms with E-state index in [1.165, 1.54) is 11.3 Å². The average molecular weight is 263 g/mol. The molecule has 2 unspecified atom stereocenters. The van der Waals surface area contributed by atoms with E-state index in [1.54, 1.807) is 7.11 Å². The summed E-state index contributed by atoms with van der Waals surface area (Å²) in [6.07, 6.45) is 3.20. The first kappa shape index (κ1) is 14.2. The van der Waals surface area contributed by atoms with Crippen molar-refractivity contribution in [2.24, 2.45) is 0 Å². The van der Waals surface area contributed by atoms with Crippen LogP contribution in [0.1, 0.15) is 38.7 Å². The number of anilines is 1. The number of aryl methyl sites for hydroxylation is 1. The second-order valence-electron chi connectivity index (χ2n) is 5.67. The number of hydrogen-bond acceptors (Lipinski definition) is 3. The van der Waals surface area contributed by atoms with Crippen LogP contribution >= 0.6 is 0 Å². The summed E-state index contributed by atoms with van der Waals surface area (Å²) >= 11 is 0. The van der Waals surface area contributed by atoms with E-state index in [0.29, 0.717) is 6.04 Å². The van der Waals surface area contributed by atoms with Crippen molar-refractivity contribution in [3.63, 3.8) is 0 Å². The van der Waals surface area contributed by atoms with Crippen LogP contribution in [0.5, 0.6) is 5.75 Å². The molecule has 2 rings (SSSR count). The van der Waals surface area contributed by atoms with Gasteiger partial charge in [0.05, 0.1) is 12.7 Å². The molecular formula is C16H25NO2. The first-order valence-electron chi connectivity index (χ1n) is 7.11. The van der Waals surface area contributed by atoms with Crippen molar-refractivity contribution in [1.82, 2.24) is 0 Å². The second kappa shape index (κ2) is 5.83. The third-order valence-electron chi connectivity index (χ3n) is 4.14. The van der Waals surface area contributed by atoms with Gasteiger partial charge in [0, 0.05) is 18.3 Å². The van der Waals surface area contributed by atoms with Crippen LogP contribution in [0.2, 0.25) is 0 Å². The van der Waals surface area contributed by atoms with Gasteiger partial charge in [0.25, 0.3) is 0 Å². The summed E-state index contributed by atoms with van der Waals surface area (Å²) in [7, 11) is 1.70. The van der Waals surface area contributed by atoms with Gasteiger partial charge in [-0.2, -0.15) is 0 Å². The standard InChI is InChI=1S/C16H25NO2/c1-5-16(3)11-13(8-9-19-16)17-15-7-6-14(18-4)10-12(15)2/h6-7,10,13,17H,5,8-9,11H2,1-4H3. The molecular weight excluding hydrogens is 238 g/mol. The highest BCUT2D eigenvalue weighted by Crippen LogP contribution is 2.30. The van der Waals surface area contributed by atoms with Gasteiger partial charge in [0.2, 0.25) is 0 Å². The molecule has 3 nitrogen and oxygen atoms in total. The first-order valence-corrected chi connectivity index (χ1v) is 7.11. The van der Waals surface area contributed by atoms with Gasteiger partial charge < -0.3 is 14.8 Å². The molecule has 1 N–H and O–H groups in total. The highest BCUT2D eigenvalue weighted by atomic mass is 16.5. The van der Waals surface area contributed by atoms with Crippen LogP contribution in [0.3, 0.4) is 0 Å². The van der Waals surface area contributed by atoms with Gasteiger partial charge in [-0.1, -0.05) is 6.92 Å². The predicted octanol–water partition coefficient (Wildman–Crippen LogP) is 3.76. The molecule has 1 fully saturated rings. The largest absolute Gasteiger partial charge is 0.497 e. The highest BCUT2D eigenvalue weighted by Gasteiger charge is 2.31. The molecule has 0 aromatic heterocycles. The summed E-state index contributed by atoms with van der Waals surface area (Å²) in [6, 6.07) is 6.67. The lowest BCUT2D eigenvalue weighted by Crippen LogP contribution is -2.41. The average Bonchev–Trinajstić information content (AvgIpc) is 2.41. The van der Waals surface area contributed by atoms with E-state index >= 15 is 0 Å². The summed E-state index contributed by atoms with van der Waals surface area (Å²) in [5.41, 5.74) is 2.45. The van der Waals surface area contributed by atoms with Crippen LogP contribution in [0.4, 0.5) is 5.69 Å². The van der Waals surface area contributed by atoms with Crippen molar-refractivity contribution < 1.29 is 9.47 Å². The zero-order chi connectivity index (χ0) is 13.9. The third kappa shape index (κ3) is 3.41. The lowest BCUT2D eigenvalue weighted by atomic mass is 9.89. The van der Waals surface area contributed by atoms with Crippen molar-refractivity contribution >= 4 is 5.69 Å². The van der Waals surface area contributed by atoms with Crippen molar-refractivity contribution in [3.05, 3.63) is 23.8 Å². The van der Waals surface area contributed by atoms with Crippen LogP contribution in [0.25, 0.3) is 0 Å². The normalized spacial score (nSPS) is 27.1. The number of benzene rings is 1. The zero-order valence-electron chi connectivity index (χ0n) is 12.5. The Morgan fingerprint density at radius 2 is 2.26 bits per heavy atom.